The first-order valence-corrected chi connectivity index (χ1v) is 8.04. The van der Waals surface area contributed by atoms with E-state index in [1.54, 1.807) is 12.3 Å². The third-order valence-electron chi connectivity index (χ3n) is 4.90. The molecular weight excluding hydrogens is 292 g/mol. The molecule has 23 heavy (non-hydrogen) atoms. The second-order valence-electron chi connectivity index (χ2n) is 6.33. The van der Waals surface area contributed by atoms with Crippen molar-refractivity contribution in [2.24, 2.45) is 5.92 Å². The van der Waals surface area contributed by atoms with E-state index in [0.717, 1.165) is 38.0 Å². The number of nitrogens with one attached hydrogen (secondary N) is 1. The zero-order valence-corrected chi connectivity index (χ0v) is 12.9. The Hall–Kier alpha value is -2.34. The fourth-order valence-electron chi connectivity index (χ4n) is 3.58. The van der Waals surface area contributed by atoms with Gasteiger partial charge in [-0.3, -0.25) is 4.79 Å². The van der Waals surface area contributed by atoms with E-state index in [1.165, 1.54) is 0 Å². The number of hydrogen-bond acceptors (Lipinski definition) is 5. The van der Waals surface area contributed by atoms with E-state index in [9.17, 15) is 4.79 Å². The van der Waals surface area contributed by atoms with Gasteiger partial charge in [0.05, 0.1) is 6.20 Å². The second-order valence-corrected chi connectivity index (χ2v) is 6.33. The van der Waals surface area contributed by atoms with Crippen molar-refractivity contribution >= 4 is 11.6 Å². The highest BCUT2D eigenvalue weighted by Crippen LogP contribution is 2.28. The second kappa shape index (κ2) is 5.70. The van der Waals surface area contributed by atoms with Gasteiger partial charge in [0.2, 0.25) is 0 Å². The number of benzene rings is 1. The van der Waals surface area contributed by atoms with Crippen LogP contribution in [0.4, 0.5) is 5.69 Å². The molecule has 6 nitrogen and oxygen atoms in total. The number of oxazole rings is 1. The number of aromatic nitrogens is 1. The average molecular weight is 312 g/mol. The third-order valence-corrected chi connectivity index (χ3v) is 4.90. The molecule has 120 valence electrons. The van der Waals surface area contributed by atoms with Crippen LogP contribution in [-0.4, -0.2) is 41.5 Å². The van der Waals surface area contributed by atoms with Crippen molar-refractivity contribution in [3.8, 4) is 11.3 Å². The summed E-state index contributed by atoms with van der Waals surface area (Å²) in [5.41, 5.74) is 7.29. The number of carbonyl (C=O) groups is 1. The van der Waals surface area contributed by atoms with Crippen LogP contribution in [0.3, 0.4) is 0 Å². The lowest BCUT2D eigenvalue weighted by molar-refractivity contribution is 0.0602. The minimum atomic E-state index is -0.246. The lowest BCUT2D eigenvalue weighted by Crippen LogP contribution is -2.57. The number of piperidine rings is 3. The monoisotopic (exact) mass is 312 g/mol. The molecule has 0 unspecified atom stereocenters. The minimum absolute atomic E-state index is 0.0969. The molecule has 3 aliphatic rings. The van der Waals surface area contributed by atoms with Gasteiger partial charge in [0.1, 0.15) is 0 Å². The Kier molecular flexibility index (Phi) is 3.53. The standard InChI is InChI=1S/C17H20N4O2/c18-13-4-2-1-3-12(13)15-9-19-17(23-15)16(22)20-14-10-21-7-5-11(14)6-8-21/h1-4,9,11,14H,5-8,10,18H2,(H,20,22)/t14-/m0/s1. The number of nitrogens with zero attached hydrogens (tertiary/aromatic N) is 2. The predicted molar refractivity (Wildman–Crippen MR) is 86.8 cm³/mol. The highest BCUT2D eigenvalue weighted by atomic mass is 16.4. The van der Waals surface area contributed by atoms with Gasteiger partial charge < -0.3 is 20.4 Å². The number of anilines is 1. The average Bonchev–Trinajstić information content (AvgIpc) is 3.06. The molecule has 0 spiro atoms. The van der Waals surface area contributed by atoms with Gasteiger partial charge in [-0.15, -0.1) is 0 Å². The van der Waals surface area contributed by atoms with Crippen LogP contribution in [0.25, 0.3) is 11.3 Å². The first kappa shape index (κ1) is 14.3. The van der Waals surface area contributed by atoms with Crippen molar-refractivity contribution in [3.05, 3.63) is 36.4 Å². The SMILES string of the molecule is Nc1ccccc1-c1cnc(C(=O)N[C@H]2CN3CCC2CC3)o1. The van der Waals surface area contributed by atoms with Gasteiger partial charge in [0.15, 0.2) is 5.76 Å². The van der Waals surface area contributed by atoms with Gasteiger partial charge in [0.25, 0.3) is 5.89 Å². The first-order chi connectivity index (χ1) is 11.2. The molecule has 0 radical (unpaired) electrons. The molecule has 3 saturated heterocycles. The predicted octanol–water partition coefficient (Wildman–Crippen LogP) is 1.75. The third kappa shape index (κ3) is 2.70. The highest BCUT2D eigenvalue weighted by Gasteiger charge is 2.35. The van der Waals surface area contributed by atoms with Gasteiger partial charge >= 0.3 is 5.91 Å². The van der Waals surface area contributed by atoms with Gasteiger partial charge in [0, 0.05) is 23.8 Å². The van der Waals surface area contributed by atoms with E-state index in [2.05, 4.69) is 15.2 Å². The van der Waals surface area contributed by atoms with Crippen molar-refractivity contribution in [1.29, 1.82) is 0 Å². The Morgan fingerprint density at radius 2 is 2.09 bits per heavy atom. The Morgan fingerprint density at radius 3 is 2.78 bits per heavy atom. The maximum Gasteiger partial charge on any atom is 0.307 e. The molecule has 0 saturated carbocycles. The Bertz CT molecular complexity index is 719. The van der Waals surface area contributed by atoms with Gasteiger partial charge in [-0.1, -0.05) is 12.1 Å². The van der Waals surface area contributed by atoms with Gasteiger partial charge in [-0.05, 0) is 44.0 Å². The Balaban J connectivity index is 1.48. The molecule has 1 amide bonds. The van der Waals surface area contributed by atoms with Crippen molar-refractivity contribution in [3.63, 3.8) is 0 Å². The number of hydrogen-bond donors (Lipinski definition) is 2. The van der Waals surface area contributed by atoms with Crippen LogP contribution in [0.5, 0.6) is 0 Å². The molecule has 6 heteroatoms. The van der Waals surface area contributed by atoms with Crippen LogP contribution in [0, 0.1) is 5.92 Å². The van der Waals surface area contributed by atoms with Crippen molar-refractivity contribution in [1.82, 2.24) is 15.2 Å². The van der Waals surface area contributed by atoms with Crippen LogP contribution >= 0.6 is 0 Å². The molecule has 4 heterocycles. The van der Waals surface area contributed by atoms with E-state index in [0.29, 0.717) is 17.4 Å². The molecule has 3 fully saturated rings. The fraction of sp³-hybridized carbons (Fsp3) is 0.412. The molecule has 2 aromatic rings. The molecule has 3 N–H and O–H groups in total. The van der Waals surface area contributed by atoms with Crippen molar-refractivity contribution in [2.45, 2.75) is 18.9 Å². The molecule has 3 aliphatic heterocycles. The van der Waals surface area contributed by atoms with Crippen LogP contribution in [0.2, 0.25) is 0 Å². The number of rotatable bonds is 3. The van der Waals surface area contributed by atoms with E-state index < -0.39 is 0 Å². The maximum atomic E-state index is 12.4. The number of nitrogen functional groups attached to an aromatic ring is 1. The quantitative estimate of drug-likeness (QED) is 0.844. The maximum absolute atomic E-state index is 12.4. The summed E-state index contributed by atoms with van der Waals surface area (Å²) >= 11 is 0. The number of nitrogens with two attached hydrogens (primary N) is 1. The normalized spacial score (nSPS) is 26.2. The van der Waals surface area contributed by atoms with Crippen LogP contribution < -0.4 is 11.1 Å². The number of carbonyl (C=O) groups excluding carboxylic acids is 1. The van der Waals surface area contributed by atoms with E-state index in [-0.39, 0.29) is 17.8 Å². The van der Waals surface area contributed by atoms with Crippen LogP contribution in [0.15, 0.2) is 34.9 Å². The van der Waals surface area contributed by atoms with E-state index >= 15 is 0 Å². The molecule has 0 aliphatic carbocycles. The first-order valence-electron chi connectivity index (χ1n) is 8.04. The Labute approximate surface area is 134 Å². The summed E-state index contributed by atoms with van der Waals surface area (Å²) < 4.78 is 5.62. The lowest BCUT2D eigenvalue weighted by Gasteiger charge is -2.44. The number of para-hydroxylation sites is 1. The summed E-state index contributed by atoms with van der Waals surface area (Å²) in [5.74, 6) is 0.939. The fourth-order valence-corrected chi connectivity index (χ4v) is 3.58. The molecule has 2 bridgehead atoms. The highest BCUT2D eigenvalue weighted by molar-refractivity contribution is 5.90. The Morgan fingerprint density at radius 1 is 1.30 bits per heavy atom. The summed E-state index contributed by atoms with van der Waals surface area (Å²) in [4.78, 5) is 18.9. The molecule has 5 rings (SSSR count). The largest absolute Gasteiger partial charge is 0.432 e. The van der Waals surface area contributed by atoms with Crippen LogP contribution in [0.1, 0.15) is 23.5 Å². The zero-order valence-electron chi connectivity index (χ0n) is 12.9. The van der Waals surface area contributed by atoms with Gasteiger partial charge in [-0.25, -0.2) is 4.98 Å². The topological polar surface area (TPSA) is 84.4 Å². The molecular formula is C17H20N4O2. The summed E-state index contributed by atoms with van der Waals surface area (Å²) in [5, 5.41) is 3.08. The van der Waals surface area contributed by atoms with Crippen molar-refractivity contribution in [2.75, 3.05) is 25.4 Å². The molecule has 1 aromatic heterocycles. The summed E-state index contributed by atoms with van der Waals surface area (Å²) in [6.45, 7) is 3.22. The minimum Gasteiger partial charge on any atom is -0.432 e. The number of amides is 1. The van der Waals surface area contributed by atoms with Crippen molar-refractivity contribution < 1.29 is 9.21 Å². The molecule has 1 atom stereocenters. The summed E-state index contributed by atoms with van der Waals surface area (Å²) in [6.07, 6.45) is 3.86. The smallest absolute Gasteiger partial charge is 0.307 e. The van der Waals surface area contributed by atoms with E-state index in [1.807, 2.05) is 18.2 Å². The van der Waals surface area contributed by atoms with E-state index in [4.69, 9.17) is 10.2 Å². The van der Waals surface area contributed by atoms with Gasteiger partial charge in [-0.2, -0.15) is 0 Å². The molecule has 1 aromatic carbocycles. The summed E-state index contributed by atoms with van der Waals surface area (Å²) in [7, 11) is 0. The lowest BCUT2D eigenvalue weighted by atomic mass is 9.84. The summed E-state index contributed by atoms with van der Waals surface area (Å²) in [6, 6.07) is 7.58. The zero-order chi connectivity index (χ0) is 15.8. The van der Waals surface area contributed by atoms with Crippen LogP contribution in [-0.2, 0) is 0 Å². The number of fused-ring (bicyclic) bond motifs is 3.